The number of nitrogens with two attached hydrogens (primary N) is 2. The Morgan fingerprint density at radius 3 is 2.64 bits per heavy atom. The van der Waals surface area contributed by atoms with Crippen LogP contribution in [0.25, 0.3) is 0 Å². The lowest BCUT2D eigenvalue weighted by Gasteiger charge is -2.04. The molecule has 0 aliphatic carbocycles. The van der Waals surface area contributed by atoms with Crippen molar-refractivity contribution in [3.8, 4) is 0 Å². The Labute approximate surface area is 86.9 Å². The van der Waals surface area contributed by atoms with E-state index in [-0.39, 0.29) is 5.25 Å². The van der Waals surface area contributed by atoms with E-state index in [9.17, 15) is 0 Å². The van der Waals surface area contributed by atoms with Crippen molar-refractivity contribution in [1.82, 2.24) is 0 Å². The summed E-state index contributed by atoms with van der Waals surface area (Å²) in [6, 6.07) is 10.2. The number of aliphatic imine (C=N–C) groups is 1. The van der Waals surface area contributed by atoms with Crippen LogP contribution < -0.4 is 11.1 Å². The molecule has 4 N–H and O–H groups in total. The largest absolute Gasteiger partial charge is 0.365 e. The molecular weight excluding hydrogens is 194 g/mol. The molecule has 0 fully saturated rings. The number of rotatable bonds is 2. The van der Waals surface area contributed by atoms with Gasteiger partial charge in [-0.1, -0.05) is 30.3 Å². The zero-order valence-corrected chi connectivity index (χ0v) is 8.50. The van der Waals surface area contributed by atoms with Crippen LogP contribution >= 0.6 is 11.8 Å². The van der Waals surface area contributed by atoms with E-state index < -0.39 is 0 Å². The van der Waals surface area contributed by atoms with Gasteiger partial charge < -0.3 is 5.73 Å². The highest BCUT2D eigenvalue weighted by molar-refractivity contribution is 8.15. The van der Waals surface area contributed by atoms with Gasteiger partial charge in [-0.05, 0) is 28.7 Å². The third-order valence-electron chi connectivity index (χ3n) is 2.10. The first-order valence-electron chi connectivity index (χ1n) is 4.43. The lowest BCUT2D eigenvalue weighted by molar-refractivity contribution is -0.109. The van der Waals surface area contributed by atoms with E-state index in [1.807, 2.05) is 18.2 Å². The molecule has 1 aromatic rings. The molecule has 1 aliphatic rings. The van der Waals surface area contributed by atoms with Crippen LogP contribution in [0, 0.1) is 0 Å². The molecule has 1 aromatic carbocycles. The minimum Gasteiger partial charge on any atom is -0.365 e. The first kappa shape index (κ1) is 9.27. The summed E-state index contributed by atoms with van der Waals surface area (Å²) >= 11 is 1.53. The normalized spacial score (nSPS) is 21.0. The van der Waals surface area contributed by atoms with E-state index in [1.165, 1.54) is 17.3 Å². The van der Waals surface area contributed by atoms with E-state index in [0.29, 0.717) is 11.0 Å². The molecule has 0 saturated carbocycles. The van der Waals surface area contributed by atoms with E-state index in [2.05, 4.69) is 17.1 Å². The summed E-state index contributed by atoms with van der Waals surface area (Å²) in [4.78, 5) is 4.02. The van der Waals surface area contributed by atoms with Crippen molar-refractivity contribution < 1.29 is 5.41 Å². The molecule has 4 heteroatoms. The average molecular weight is 206 g/mol. The standard InChI is InChI=1S/C10H11N3S/c11-9-8(14-10(12)13-9)6-7-4-2-1-3-5-7/h1-5,8H,6H2,(H3,11,12,13)/p+1. The summed E-state index contributed by atoms with van der Waals surface area (Å²) in [5, 5.41) is 6.36. The summed E-state index contributed by atoms with van der Waals surface area (Å²) in [6.45, 7) is 0. The fraction of sp³-hybridized carbons (Fsp3) is 0.200. The smallest absolute Gasteiger partial charge is 0.353 e. The maximum atomic E-state index is 5.75. The van der Waals surface area contributed by atoms with Crippen molar-refractivity contribution >= 4 is 22.8 Å². The van der Waals surface area contributed by atoms with Gasteiger partial charge in [-0.15, -0.1) is 0 Å². The maximum Gasteiger partial charge on any atom is 0.353 e. The summed E-state index contributed by atoms with van der Waals surface area (Å²) in [5.74, 6) is 0.636. The molecule has 1 heterocycles. The molecule has 1 atom stereocenters. The quantitative estimate of drug-likeness (QED) is 0.705. The summed E-state index contributed by atoms with van der Waals surface area (Å²) in [7, 11) is 0. The van der Waals surface area contributed by atoms with Crippen molar-refractivity contribution in [3.05, 3.63) is 35.9 Å². The summed E-state index contributed by atoms with van der Waals surface area (Å²) in [5.41, 5.74) is 7.01. The minimum atomic E-state index is 0.206. The van der Waals surface area contributed by atoms with Crippen LogP contribution in [-0.2, 0) is 6.42 Å². The Bertz CT molecular complexity index is 372. The third-order valence-corrected chi connectivity index (χ3v) is 3.12. The van der Waals surface area contributed by atoms with Crippen LogP contribution in [0.3, 0.4) is 0 Å². The molecule has 0 saturated heterocycles. The Morgan fingerprint density at radius 2 is 2.07 bits per heavy atom. The van der Waals surface area contributed by atoms with Crippen molar-refractivity contribution in [1.29, 1.82) is 0 Å². The van der Waals surface area contributed by atoms with Crippen molar-refractivity contribution in [2.75, 3.05) is 0 Å². The highest BCUT2D eigenvalue weighted by Gasteiger charge is 2.30. The van der Waals surface area contributed by atoms with Gasteiger partial charge in [0, 0.05) is 0 Å². The Balaban J connectivity index is 2.07. The van der Waals surface area contributed by atoms with Gasteiger partial charge in [0.2, 0.25) is 5.84 Å². The number of benzene rings is 1. The summed E-state index contributed by atoms with van der Waals surface area (Å²) in [6.07, 6.45) is 0.890. The van der Waals surface area contributed by atoms with Crippen LogP contribution in [0.15, 0.2) is 35.3 Å². The number of nitrogens with zero attached hydrogens (tertiary/aromatic N) is 1. The van der Waals surface area contributed by atoms with Crippen molar-refractivity contribution in [2.45, 2.75) is 11.7 Å². The molecule has 0 amide bonds. The molecule has 3 nitrogen and oxygen atoms in total. The van der Waals surface area contributed by atoms with Gasteiger partial charge in [0.05, 0.1) is 0 Å². The van der Waals surface area contributed by atoms with Crippen LogP contribution in [0.1, 0.15) is 5.56 Å². The molecule has 72 valence electrons. The first-order chi connectivity index (χ1) is 6.75. The Morgan fingerprint density at radius 1 is 1.36 bits per heavy atom. The molecule has 0 spiro atoms. The van der Waals surface area contributed by atoms with Gasteiger partial charge in [-0.2, -0.15) is 0 Å². The van der Waals surface area contributed by atoms with E-state index in [0.717, 1.165) is 6.42 Å². The monoisotopic (exact) mass is 206 g/mol. The SMILES string of the molecule is NC1=NC(=[NH2+])SC1Cc1ccccc1. The van der Waals surface area contributed by atoms with Crippen LogP contribution in [0.5, 0.6) is 0 Å². The average Bonchev–Trinajstić information content (AvgIpc) is 2.47. The maximum absolute atomic E-state index is 5.75. The van der Waals surface area contributed by atoms with Gasteiger partial charge in [0.1, 0.15) is 5.25 Å². The lowest BCUT2D eigenvalue weighted by Crippen LogP contribution is -2.35. The second-order valence-electron chi connectivity index (χ2n) is 3.17. The molecule has 14 heavy (non-hydrogen) atoms. The van der Waals surface area contributed by atoms with Gasteiger partial charge >= 0.3 is 5.17 Å². The number of hydrogen-bond acceptors (Lipinski definition) is 2. The number of hydrogen-bond donors (Lipinski definition) is 2. The lowest BCUT2D eigenvalue weighted by atomic mass is 10.1. The first-order valence-corrected chi connectivity index (χ1v) is 5.31. The highest BCUT2D eigenvalue weighted by atomic mass is 32.2. The molecule has 2 rings (SSSR count). The second-order valence-corrected chi connectivity index (χ2v) is 4.39. The zero-order valence-electron chi connectivity index (χ0n) is 7.68. The van der Waals surface area contributed by atoms with Crippen LogP contribution in [-0.4, -0.2) is 16.3 Å². The highest BCUT2D eigenvalue weighted by Crippen LogP contribution is 2.22. The molecule has 0 aromatic heterocycles. The van der Waals surface area contributed by atoms with Crippen LogP contribution in [0.2, 0.25) is 0 Å². The fourth-order valence-electron chi connectivity index (χ4n) is 1.41. The number of thioether (sulfide) groups is 1. The third kappa shape index (κ3) is 1.96. The van der Waals surface area contributed by atoms with Gasteiger partial charge in [0.25, 0.3) is 0 Å². The predicted octanol–water partition coefficient (Wildman–Crippen LogP) is -0.183. The van der Waals surface area contributed by atoms with E-state index in [4.69, 9.17) is 11.1 Å². The van der Waals surface area contributed by atoms with Crippen molar-refractivity contribution in [3.63, 3.8) is 0 Å². The molecular formula is C10H12N3S+. The number of amidine groups is 2. The van der Waals surface area contributed by atoms with Crippen LogP contribution in [0.4, 0.5) is 0 Å². The van der Waals surface area contributed by atoms with E-state index >= 15 is 0 Å². The topological polar surface area (TPSA) is 64.0 Å². The van der Waals surface area contributed by atoms with Crippen molar-refractivity contribution in [2.24, 2.45) is 10.7 Å². The molecule has 1 aliphatic heterocycles. The van der Waals surface area contributed by atoms with E-state index in [1.54, 1.807) is 0 Å². The minimum absolute atomic E-state index is 0.206. The second kappa shape index (κ2) is 3.84. The Hall–Kier alpha value is -1.29. The van der Waals surface area contributed by atoms with Gasteiger partial charge in [-0.3, -0.25) is 5.41 Å². The van der Waals surface area contributed by atoms with Gasteiger partial charge in [-0.25, -0.2) is 0 Å². The zero-order chi connectivity index (χ0) is 9.97. The fourth-order valence-corrected chi connectivity index (χ4v) is 2.30. The Kier molecular flexibility index (Phi) is 2.54. The molecule has 0 bridgehead atoms. The molecule has 1 unspecified atom stereocenters. The predicted molar refractivity (Wildman–Crippen MR) is 60.1 cm³/mol. The van der Waals surface area contributed by atoms with Gasteiger partial charge in [0.15, 0.2) is 0 Å². The molecule has 0 radical (unpaired) electrons. The summed E-state index contributed by atoms with van der Waals surface area (Å²) < 4.78 is 0.